The molecule has 0 radical (unpaired) electrons. The predicted octanol–water partition coefficient (Wildman–Crippen LogP) is 2.43. The van der Waals surface area contributed by atoms with Crippen LogP contribution in [0.5, 0.6) is 0 Å². The number of rotatable bonds is 6. The van der Waals surface area contributed by atoms with E-state index in [9.17, 15) is 13.2 Å². The third kappa shape index (κ3) is 3.94. The molecule has 20 heavy (non-hydrogen) atoms. The van der Waals surface area contributed by atoms with Crippen LogP contribution in [0.25, 0.3) is 0 Å². The summed E-state index contributed by atoms with van der Waals surface area (Å²) in [6, 6.07) is 3.13. The van der Waals surface area contributed by atoms with Crippen molar-refractivity contribution < 1.29 is 18.3 Å². The first kappa shape index (κ1) is 16.9. The van der Waals surface area contributed by atoms with Crippen LogP contribution in [0.15, 0.2) is 23.1 Å². The maximum atomic E-state index is 12.2. The molecule has 112 valence electrons. The van der Waals surface area contributed by atoms with Crippen LogP contribution in [0.2, 0.25) is 5.02 Å². The molecule has 0 amide bonds. The topological polar surface area (TPSA) is 83.5 Å². The van der Waals surface area contributed by atoms with E-state index in [1.165, 1.54) is 12.1 Å². The zero-order valence-electron chi connectivity index (χ0n) is 11.6. The second-order valence-electron chi connectivity index (χ2n) is 4.73. The number of carboxylic acids is 1. The molecule has 0 spiro atoms. The Kier molecular flexibility index (Phi) is 5.56. The van der Waals surface area contributed by atoms with E-state index in [0.29, 0.717) is 11.4 Å². The Balaban J connectivity index is 3.09. The Bertz CT molecular complexity index is 600. The first-order valence-corrected chi connectivity index (χ1v) is 8.06. The van der Waals surface area contributed by atoms with Gasteiger partial charge in [-0.1, -0.05) is 37.9 Å². The molecule has 1 aromatic carbocycles. The summed E-state index contributed by atoms with van der Waals surface area (Å²) in [5.74, 6) is -1.51. The fourth-order valence-corrected chi connectivity index (χ4v) is 3.19. The van der Waals surface area contributed by atoms with Gasteiger partial charge in [-0.05, 0) is 30.5 Å². The molecule has 0 aromatic heterocycles. The summed E-state index contributed by atoms with van der Waals surface area (Å²) in [5.41, 5.74) is 0.752. The number of aryl methyl sites for hydroxylation is 1. The molecule has 7 heteroatoms. The van der Waals surface area contributed by atoms with E-state index in [1.54, 1.807) is 26.8 Å². The van der Waals surface area contributed by atoms with Crippen LogP contribution in [0.3, 0.4) is 0 Å². The molecular weight excluding hydrogens is 302 g/mol. The standard InChI is InChI=1S/C13H18ClNO4S/c1-4-8(2)12(13(16)17)15-20(18,19)10-6-5-9(3)11(14)7-10/h5-8,12,15H,4H2,1-3H3,(H,16,17)/t8-,12-/m0/s1. The van der Waals surface area contributed by atoms with Gasteiger partial charge in [0.15, 0.2) is 0 Å². The minimum atomic E-state index is -3.91. The summed E-state index contributed by atoms with van der Waals surface area (Å²) in [6.45, 7) is 5.24. The number of nitrogens with one attached hydrogen (secondary N) is 1. The van der Waals surface area contributed by atoms with Crippen molar-refractivity contribution >= 4 is 27.6 Å². The van der Waals surface area contributed by atoms with Gasteiger partial charge in [-0.3, -0.25) is 4.79 Å². The van der Waals surface area contributed by atoms with Crippen molar-refractivity contribution in [2.75, 3.05) is 0 Å². The Hall–Kier alpha value is -1.11. The highest BCUT2D eigenvalue weighted by molar-refractivity contribution is 7.89. The highest BCUT2D eigenvalue weighted by Gasteiger charge is 2.29. The average molecular weight is 320 g/mol. The van der Waals surface area contributed by atoms with Crippen molar-refractivity contribution in [3.05, 3.63) is 28.8 Å². The molecule has 0 unspecified atom stereocenters. The van der Waals surface area contributed by atoms with Crippen molar-refractivity contribution in [1.82, 2.24) is 4.72 Å². The molecular formula is C13H18ClNO4S. The summed E-state index contributed by atoms with van der Waals surface area (Å²) in [7, 11) is -3.91. The molecule has 0 heterocycles. The van der Waals surface area contributed by atoms with E-state index in [4.69, 9.17) is 16.7 Å². The van der Waals surface area contributed by atoms with Gasteiger partial charge in [0.05, 0.1) is 4.90 Å². The molecule has 1 aromatic rings. The second-order valence-corrected chi connectivity index (χ2v) is 6.85. The van der Waals surface area contributed by atoms with Gasteiger partial charge in [0.25, 0.3) is 0 Å². The summed E-state index contributed by atoms with van der Waals surface area (Å²) in [5, 5.41) is 9.45. The summed E-state index contributed by atoms with van der Waals surface area (Å²) in [6.07, 6.45) is 0.550. The van der Waals surface area contributed by atoms with Crippen LogP contribution >= 0.6 is 11.6 Å². The van der Waals surface area contributed by atoms with Crippen molar-refractivity contribution in [2.24, 2.45) is 5.92 Å². The molecule has 0 aliphatic carbocycles. The maximum absolute atomic E-state index is 12.2. The first-order chi connectivity index (χ1) is 9.19. The normalized spacial score (nSPS) is 14.8. The highest BCUT2D eigenvalue weighted by atomic mass is 35.5. The molecule has 1 rings (SSSR count). The van der Waals surface area contributed by atoms with Crippen LogP contribution in [0.1, 0.15) is 25.8 Å². The number of sulfonamides is 1. The number of carbonyl (C=O) groups is 1. The molecule has 2 N–H and O–H groups in total. The molecule has 0 saturated heterocycles. The van der Waals surface area contributed by atoms with E-state index < -0.39 is 22.0 Å². The molecule has 0 fully saturated rings. The fraction of sp³-hybridized carbons (Fsp3) is 0.462. The lowest BCUT2D eigenvalue weighted by atomic mass is 10.0. The Morgan fingerprint density at radius 2 is 2.05 bits per heavy atom. The van der Waals surface area contributed by atoms with E-state index in [2.05, 4.69) is 4.72 Å². The fourth-order valence-electron chi connectivity index (χ4n) is 1.62. The Morgan fingerprint density at radius 1 is 1.45 bits per heavy atom. The molecule has 0 aliphatic heterocycles. The minimum Gasteiger partial charge on any atom is -0.480 e. The summed E-state index contributed by atoms with van der Waals surface area (Å²) < 4.78 is 26.6. The van der Waals surface area contributed by atoms with Crippen LogP contribution in [-0.2, 0) is 14.8 Å². The zero-order chi connectivity index (χ0) is 15.5. The van der Waals surface area contributed by atoms with Crippen molar-refractivity contribution in [3.8, 4) is 0 Å². The van der Waals surface area contributed by atoms with Gasteiger partial charge in [0.2, 0.25) is 10.0 Å². The van der Waals surface area contributed by atoms with Crippen molar-refractivity contribution in [3.63, 3.8) is 0 Å². The van der Waals surface area contributed by atoms with Gasteiger partial charge in [0.1, 0.15) is 6.04 Å². The third-order valence-electron chi connectivity index (χ3n) is 3.21. The summed E-state index contributed by atoms with van der Waals surface area (Å²) in [4.78, 5) is 11.1. The van der Waals surface area contributed by atoms with E-state index in [-0.39, 0.29) is 10.8 Å². The minimum absolute atomic E-state index is 0.0392. The van der Waals surface area contributed by atoms with Crippen LogP contribution in [0.4, 0.5) is 0 Å². The van der Waals surface area contributed by atoms with E-state index in [0.717, 1.165) is 5.56 Å². The molecule has 0 aliphatic rings. The number of hydrogen-bond acceptors (Lipinski definition) is 3. The van der Waals surface area contributed by atoms with Gasteiger partial charge in [0, 0.05) is 5.02 Å². The third-order valence-corrected chi connectivity index (χ3v) is 5.06. The van der Waals surface area contributed by atoms with Gasteiger partial charge in [-0.15, -0.1) is 0 Å². The number of halogens is 1. The maximum Gasteiger partial charge on any atom is 0.322 e. The lowest BCUT2D eigenvalue weighted by molar-refractivity contribution is -0.140. The zero-order valence-corrected chi connectivity index (χ0v) is 13.1. The first-order valence-electron chi connectivity index (χ1n) is 6.20. The van der Waals surface area contributed by atoms with Gasteiger partial charge in [-0.25, -0.2) is 8.42 Å². The Labute approximate surface area is 124 Å². The number of carboxylic acid groups (broad SMARTS) is 1. The van der Waals surface area contributed by atoms with Crippen molar-refractivity contribution in [2.45, 2.75) is 38.1 Å². The largest absolute Gasteiger partial charge is 0.480 e. The van der Waals surface area contributed by atoms with Crippen LogP contribution < -0.4 is 4.72 Å². The van der Waals surface area contributed by atoms with E-state index in [1.807, 2.05) is 0 Å². The second kappa shape index (κ2) is 6.56. The van der Waals surface area contributed by atoms with Crippen LogP contribution in [-0.4, -0.2) is 25.5 Å². The lowest BCUT2D eigenvalue weighted by Crippen LogP contribution is -2.44. The summed E-state index contributed by atoms with van der Waals surface area (Å²) >= 11 is 5.90. The molecule has 0 saturated carbocycles. The van der Waals surface area contributed by atoms with Crippen molar-refractivity contribution in [1.29, 1.82) is 0 Å². The number of aliphatic carboxylic acids is 1. The molecule has 0 bridgehead atoms. The molecule has 2 atom stereocenters. The predicted molar refractivity (Wildman–Crippen MR) is 77.4 cm³/mol. The average Bonchev–Trinajstić information content (AvgIpc) is 2.38. The number of hydrogen-bond donors (Lipinski definition) is 2. The molecule has 5 nitrogen and oxygen atoms in total. The van der Waals surface area contributed by atoms with Gasteiger partial charge in [-0.2, -0.15) is 4.72 Å². The van der Waals surface area contributed by atoms with Crippen LogP contribution in [0, 0.1) is 12.8 Å². The lowest BCUT2D eigenvalue weighted by Gasteiger charge is -2.20. The monoisotopic (exact) mass is 319 g/mol. The SMILES string of the molecule is CC[C@H](C)[C@H](NS(=O)(=O)c1ccc(C)c(Cl)c1)C(=O)O. The van der Waals surface area contributed by atoms with Gasteiger partial charge >= 0.3 is 5.97 Å². The number of benzene rings is 1. The Morgan fingerprint density at radius 3 is 2.50 bits per heavy atom. The highest BCUT2D eigenvalue weighted by Crippen LogP contribution is 2.21. The van der Waals surface area contributed by atoms with Gasteiger partial charge < -0.3 is 5.11 Å². The smallest absolute Gasteiger partial charge is 0.322 e. The van der Waals surface area contributed by atoms with E-state index >= 15 is 0 Å². The quantitative estimate of drug-likeness (QED) is 0.843.